The molecule has 0 spiro atoms. The summed E-state index contributed by atoms with van der Waals surface area (Å²) in [6.45, 7) is -0.190. The van der Waals surface area contributed by atoms with Crippen LogP contribution in [0.25, 0.3) is 11.2 Å². The molecular formula is C14H15F3N6O. The van der Waals surface area contributed by atoms with Crippen LogP contribution >= 0.6 is 0 Å². The number of aromatic nitrogens is 4. The first-order valence-electron chi connectivity index (χ1n) is 6.95. The summed E-state index contributed by atoms with van der Waals surface area (Å²) in [7, 11) is 1.59. The fourth-order valence-electron chi connectivity index (χ4n) is 2.20. The molecule has 0 aliphatic carbocycles. The van der Waals surface area contributed by atoms with Crippen molar-refractivity contribution >= 4 is 22.9 Å². The zero-order chi connectivity index (χ0) is 17.7. The number of anilines is 1. The van der Waals surface area contributed by atoms with Gasteiger partial charge < -0.3 is 15.2 Å². The van der Waals surface area contributed by atoms with E-state index in [0.717, 1.165) is 0 Å². The fourth-order valence-corrected chi connectivity index (χ4v) is 2.20. The van der Waals surface area contributed by atoms with Crippen LogP contribution in [0, 0.1) is 12.3 Å². The minimum Gasteiger partial charge on any atom is -0.351 e. The lowest BCUT2D eigenvalue weighted by Gasteiger charge is -2.21. The lowest BCUT2D eigenvalue weighted by atomic mass is 10.1. The largest absolute Gasteiger partial charge is 0.391 e. The smallest absolute Gasteiger partial charge is 0.351 e. The number of nitrogens with zero attached hydrogens (tertiary/aromatic N) is 4. The zero-order valence-corrected chi connectivity index (χ0v) is 12.8. The van der Waals surface area contributed by atoms with Crippen LogP contribution < -0.4 is 10.2 Å². The fraction of sp³-hybridized carbons (Fsp3) is 0.429. The number of carbonyl (C=O) groups is 1. The summed E-state index contributed by atoms with van der Waals surface area (Å²) >= 11 is 0. The topological polar surface area (TPSA) is 86.8 Å². The van der Waals surface area contributed by atoms with E-state index in [1.807, 2.05) is 0 Å². The maximum Gasteiger partial charge on any atom is 0.391 e. The number of halogens is 3. The average molecular weight is 340 g/mol. The number of alkyl halides is 3. The van der Waals surface area contributed by atoms with Crippen molar-refractivity contribution in [3.8, 4) is 12.3 Å². The molecule has 0 fully saturated rings. The van der Waals surface area contributed by atoms with Crippen molar-refractivity contribution in [2.45, 2.75) is 25.1 Å². The monoisotopic (exact) mass is 340 g/mol. The number of hydrogen-bond donors (Lipinski definition) is 2. The van der Waals surface area contributed by atoms with E-state index in [4.69, 9.17) is 6.42 Å². The number of carbonyl (C=O) groups excluding carboxylic acids is 1. The molecule has 0 bridgehead atoms. The highest BCUT2D eigenvalue weighted by atomic mass is 19.4. The van der Waals surface area contributed by atoms with Gasteiger partial charge in [-0.25, -0.2) is 15.0 Å². The van der Waals surface area contributed by atoms with Crippen molar-refractivity contribution in [2.24, 2.45) is 0 Å². The highest BCUT2D eigenvalue weighted by Gasteiger charge is 2.32. The first-order valence-corrected chi connectivity index (χ1v) is 6.95. The number of fused-ring (bicyclic) bond motifs is 1. The van der Waals surface area contributed by atoms with Crippen LogP contribution in [0.15, 0.2) is 12.7 Å². The number of amides is 1. The summed E-state index contributed by atoms with van der Waals surface area (Å²) in [6, 6.07) is -1.16. The molecule has 128 valence electrons. The van der Waals surface area contributed by atoms with Gasteiger partial charge in [0, 0.05) is 19.5 Å². The lowest BCUT2D eigenvalue weighted by molar-refractivity contribution is -0.141. The zero-order valence-electron chi connectivity index (χ0n) is 12.8. The Morgan fingerprint density at radius 1 is 1.46 bits per heavy atom. The third kappa shape index (κ3) is 4.58. The lowest BCUT2D eigenvalue weighted by Crippen LogP contribution is -2.43. The van der Waals surface area contributed by atoms with Crippen molar-refractivity contribution < 1.29 is 18.0 Å². The van der Waals surface area contributed by atoms with Gasteiger partial charge in [-0.05, 0) is 0 Å². The second kappa shape index (κ2) is 7.16. The van der Waals surface area contributed by atoms with E-state index in [2.05, 4.69) is 31.2 Å². The van der Waals surface area contributed by atoms with Crippen LogP contribution in [-0.2, 0) is 4.79 Å². The Kier molecular flexibility index (Phi) is 5.23. The molecule has 10 heteroatoms. The number of likely N-dealkylation sites (N-methyl/N-ethyl adjacent to an activating group) is 1. The molecule has 2 aromatic heterocycles. The Morgan fingerprint density at radius 3 is 2.88 bits per heavy atom. The first kappa shape index (κ1) is 17.5. The van der Waals surface area contributed by atoms with E-state index < -0.39 is 24.5 Å². The van der Waals surface area contributed by atoms with Crippen LogP contribution in [0.5, 0.6) is 0 Å². The van der Waals surface area contributed by atoms with E-state index in [-0.39, 0.29) is 13.0 Å². The third-order valence-corrected chi connectivity index (χ3v) is 3.15. The summed E-state index contributed by atoms with van der Waals surface area (Å²) < 4.78 is 37.5. The van der Waals surface area contributed by atoms with Crippen molar-refractivity contribution in [1.82, 2.24) is 25.3 Å². The predicted octanol–water partition coefficient (Wildman–Crippen LogP) is 1.25. The van der Waals surface area contributed by atoms with E-state index in [1.54, 1.807) is 7.05 Å². The van der Waals surface area contributed by atoms with Crippen LogP contribution in [0.4, 0.5) is 19.0 Å². The van der Waals surface area contributed by atoms with Gasteiger partial charge in [-0.1, -0.05) is 0 Å². The summed E-state index contributed by atoms with van der Waals surface area (Å²) in [6.07, 6.45) is 2.00. The van der Waals surface area contributed by atoms with E-state index in [1.165, 1.54) is 17.6 Å². The summed E-state index contributed by atoms with van der Waals surface area (Å²) in [5, 5.41) is 2.30. The van der Waals surface area contributed by atoms with Crippen LogP contribution in [-0.4, -0.2) is 51.7 Å². The Bertz CT molecular complexity index is 751. The maximum atomic E-state index is 12.5. The van der Waals surface area contributed by atoms with Crippen LogP contribution in [0.1, 0.15) is 12.8 Å². The van der Waals surface area contributed by atoms with Gasteiger partial charge in [0.1, 0.15) is 11.8 Å². The normalized spacial score (nSPS) is 12.6. The number of rotatable bonds is 6. The molecule has 0 aliphatic rings. The van der Waals surface area contributed by atoms with Gasteiger partial charge in [0.2, 0.25) is 5.91 Å². The Labute approximate surface area is 135 Å². The number of hydrogen-bond acceptors (Lipinski definition) is 5. The molecule has 0 aliphatic heterocycles. The number of aromatic amines is 1. The molecule has 1 unspecified atom stereocenters. The Hall–Kier alpha value is -2.83. The maximum absolute atomic E-state index is 12.5. The molecule has 2 N–H and O–H groups in total. The van der Waals surface area contributed by atoms with Crippen molar-refractivity contribution in [1.29, 1.82) is 0 Å². The molecule has 2 rings (SSSR count). The molecule has 1 amide bonds. The molecule has 2 heterocycles. The number of terminal acetylenes is 1. The second-order valence-corrected chi connectivity index (χ2v) is 5.15. The number of nitrogens with one attached hydrogen (secondary N) is 2. The molecular weight excluding hydrogens is 325 g/mol. The van der Waals surface area contributed by atoms with Crippen molar-refractivity contribution in [3.63, 3.8) is 0 Å². The summed E-state index contributed by atoms with van der Waals surface area (Å²) in [4.78, 5) is 28.3. The third-order valence-electron chi connectivity index (χ3n) is 3.15. The van der Waals surface area contributed by atoms with Gasteiger partial charge in [-0.3, -0.25) is 4.79 Å². The van der Waals surface area contributed by atoms with E-state index >= 15 is 0 Å². The number of H-pyrrole nitrogens is 1. The average Bonchev–Trinajstić information content (AvgIpc) is 2.93. The summed E-state index contributed by atoms with van der Waals surface area (Å²) in [5.41, 5.74) is 0.956. The van der Waals surface area contributed by atoms with Crippen molar-refractivity contribution in [3.05, 3.63) is 12.7 Å². The minimum atomic E-state index is -4.41. The SMILES string of the molecule is C#CCC(CC(F)(F)F)NC(=O)CN(C)c1ncnc2nc[nH]c12. The molecule has 2 aromatic rings. The van der Waals surface area contributed by atoms with Gasteiger partial charge in [0.25, 0.3) is 0 Å². The second-order valence-electron chi connectivity index (χ2n) is 5.15. The predicted molar refractivity (Wildman–Crippen MR) is 81.0 cm³/mol. The standard InChI is InChI=1S/C14H15F3N6O/c1-3-4-9(5-14(15,16)17)22-10(24)6-23(2)13-11-12(19-7-18-11)20-8-21-13/h1,7-9H,4-6H2,2H3,(H,22,24)(H,18,19,20,21). The van der Waals surface area contributed by atoms with Crippen molar-refractivity contribution in [2.75, 3.05) is 18.5 Å². The molecule has 1 atom stereocenters. The molecule has 0 aromatic carbocycles. The first-order chi connectivity index (χ1) is 11.3. The quantitative estimate of drug-likeness (QED) is 0.773. The highest BCUT2D eigenvalue weighted by molar-refractivity contribution is 5.87. The van der Waals surface area contributed by atoms with Gasteiger partial charge in [0.05, 0.1) is 19.3 Å². The van der Waals surface area contributed by atoms with Crippen LogP contribution in [0.3, 0.4) is 0 Å². The number of imidazole rings is 1. The van der Waals surface area contributed by atoms with Crippen LogP contribution in [0.2, 0.25) is 0 Å². The van der Waals surface area contributed by atoms with Gasteiger partial charge in [-0.2, -0.15) is 13.2 Å². The highest BCUT2D eigenvalue weighted by Crippen LogP contribution is 2.23. The Morgan fingerprint density at radius 2 is 2.21 bits per heavy atom. The Balaban J connectivity index is 2.03. The molecule has 0 saturated heterocycles. The van der Waals surface area contributed by atoms with Gasteiger partial charge in [0.15, 0.2) is 11.5 Å². The molecule has 0 saturated carbocycles. The van der Waals surface area contributed by atoms with E-state index in [9.17, 15) is 18.0 Å². The molecule has 0 radical (unpaired) electrons. The van der Waals surface area contributed by atoms with E-state index in [0.29, 0.717) is 17.0 Å². The minimum absolute atomic E-state index is 0.190. The van der Waals surface area contributed by atoms with Gasteiger partial charge in [-0.15, -0.1) is 12.3 Å². The molecule has 7 nitrogen and oxygen atoms in total. The van der Waals surface area contributed by atoms with Gasteiger partial charge >= 0.3 is 6.18 Å². The molecule has 24 heavy (non-hydrogen) atoms. The summed E-state index contributed by atoms with van der Waals surface area (Å²) in [5.74, 6) is 1.96.